The lowest BCUT2D eigenvalue weighted by atomic mass is 9.76. The number of carbonyl (C=O) groups is 2. The minimum atomic E-state index is -1.07. The predicted octanol–water partition coefficient (Wildman–Crippen LogP) is 4.16. The summed E-state index contributed by atoms with van der Waals surface area (Å²) in [4.78, 5) is 28.4. The lowest BCUT2D eigenvalue weighted by Crippen LogP contribution is -2.65. The minimum absolute atomic E-state index is 0.192. The van der Waals surface area contributed by atoms with Crippen molar-refractivity contribution in [3.05, 3.63) is 71.8 Å². The SMILES string of the molecule is CC(C)(C)C1CN(C(=O)O)CC2N1C(=O)OC2(c1ccccc1)c1ccccc1. The predicted molar refractivity (Wildman–Crippen MR) is 109 cm³/mol. The molecule has 6 nitrogen and oxygen atoms in total. The first-order valence-corrected chi connectivity index (χ1v) is 9.85. The Labute approximate surface area is 170 Å². The summed E-state index contributed by atoms with van der Waals surface area (Å²) >= 11 is 0. The quantitative estimate of drug-likeness (QED) is 0.830. The minimum Gasteiger partial charge on any atom is -0.465 e. The second kappa shape index (κ2) is 6.79. The van der Waals surface area contributed by atoms with Crippen molar-refractivity contribution in [1.82, 2.24) is 9.80 Å². The fourth-order valence-corrected chi connectivity index (χ4v) is 4.61. The van der Waals surface area contributed by atoms with Crippen LogP contribution >= 0.6 is 0 Å². The van der Waals surface area contributed by atoms with Crippen LogP contribution in [-0.2, 0) is 10.3 Å². The number of nitrogens with zero attached hydrogens (tertiary/aromatic N) is 2. The smallest absolute Gasteiger partial charge is 0.411 e. The number of hydrogen-bond acceptors (Lipinski definition) is 3. The molecule has 0 radical (unpaired) electrons. The zero-order chi connectivity index (χ0) is 20.8. The van der Waals surface area contributed by atoms with Crippen LogP contribution in [0.2, 0.25) is 0 Å². The molecule has 2 saturated heterocycles. The number of piperazine rings is 1. The summed E-state index contributed by atoms with van der Waals surface area (Å²) in [6.07, 6.45) is -1.37. The molecule has 0 aromatic heterocycles. The van der Waals surface area contributed by atoms with Gasteiger partial charge in [0.25, 0.3) is 0 Å². The Morgan fingerprint density at radius 1 is 1.00 bits per heavy atom. The Kier molecular flexibility index (Phi) is 4.52. The standard InChI is InChI=1S/C23H26N2O4/c1-22(2,3)18-14-24(20(26)27)15-19-23(29-21(28)25(18)19,16-10-6-4-7-11-16)17-12-8-5-9-13-17/h4-13,18-19H,14-15H2,1-3H3,(H,26,27). The molecule has 29 heavy (non-hydrogen) atoms. The summed E-state index contributed by atoms with van der Waals surface area (Å²) in [5.74, 6) is 0. The molecular formula is C23H26N2O4. The van der Waals surface area contributed by atoms with Gasteiger partial charge in [0.1, 0.15) is 6.04 Å². The van der Waals surface area contributed by atoms with Gasteiger partial charge in [0.15, 0.2) is 5.60 Å². The van der Waals surface area contributed by atoms with Crippen molar-refractivity contribution in [3.63, 3.8) is 0 Å². The maximum Gasteiger partial charge on any atom is 0.411 e. The third-order valence-electron chi connectivity index (χ3n) is 6.06. The fraction of sp³-hybridized carbons (Fsp3) is 0.391. The summed E-state index contributed by atoms with van der Waals surface area (Å²) < 4.78 is 6.19. The molecule has 152 valence electrons. The zero-order valence-corrected chi connectivity index (χ0v) is 16.9. The average Bonchev–Trinajstić information content (AvgIpc) is 3.01. The molecule has 2 heterocycles. The molecule has 2 amide bonds. The van der Waals surface area contributed by atoms with Crippen LogP contribution in [0.1, 0.15) is 31.9 Å². The van der Waals surface area contributed by atoms with Crippen LogP contribution in [0.4, 0.5) is 9.59 Å². The van der Waals surface area contributed by atoms with E-state index in [0.717, 1.165) is 11.1 Å². The molecule has 2 unspecified atom stereocenters. The van der Waals surface area contributed by atoms with Gasteiger partial charge < -0.3 is 14.7 Å². The van der Waals surface area contributed by atoms with Crippen LogP contribution in [0.15, 0.2) is 60.7 Å². The van der Waals surface area contributed by atoms with Gasteiger partial charge in [0.05, 0.1) is 6.04 Å². The topological polar surface area (TPSA) is 70.1 Å². The maximum absolute atomic E-state index is 13.2. The van der Waals surface area contributed by atoms with Crippen molar-refractivity contribution < 1.29 is 19.4 Å². The summed E-state index contributed by atoms with van der Waals surface area (Å²) in [6, 6.07) is 18.5. The van der Waals surface area contributed by atoms with Gasteiger partial charge in [0, 0.05) is 24.2 Å². The first kappa shape index (κ1) is 19.3. The zero-order valence-electron chi connectivity index (χ0n) is 16.9. The lowest BCUT2D eigenvalue weighted by Gasteiger charge is -2.49. The van der Waals surface area contributed by atoms with Crippen LogP contribution in [0.25, 0.3) is 0 Å². The van der Waals surface area contributed by atoms with Gasteiger partial charge in [-0.1, -0.05) is 81.4 Å². The first-order chi connectivity index (χ1) is 13.7. The van der Waals surface area contributed by atoms with Gasteiger partial charge in [-0.05, 0) is 5.41 Å². The molecular weight excluding hydrogens is 368 g/mol. The molecule has 4 rings (SSSR count). The molecule has 0 spiro atoms. The monoisotopic (exact) mass is 394 g/mol. The number of ether oxygens (including phenoxy) is 1. The Bertz CT molecular complexity index is 868. The molecule has 0 aliphatic carbocycles. The second-order valence-electron chi connectivity index (χ2n) is 8.83. The van der Waals surface area contributed by atoms with Crippen LogP contribution in [0.3, 0.4) is 0 Å². The van der Waals surface area contributed by atoms with E-state index in [1.54, 1.807) is 4.90 Å². The number of fused-ring (bicyclic) bond motifs is 1. The van der Waals surface area contributed by atoms with E-state index in [0.29, 0.717) is 0 Å². The van der Waals surface area contributed by atoms with Gasteiger partial charge in [-0.25, -0.2) is 9.59 Å². The Balaban J connectivity index is 1.93. The molecule has 1 N–H and O–H groups in total. The number of carboxylic acid groups (broad SMARTS) is 1. The number of hydrogen-bond donors (Lipinski definition) is 1. The molecule has 2 aromatic carbocycles. The number of cyclic esters (lactones) is 1. The summed E-state index contributed by atoms with van der Waals surface area (Å²) in [7, 11) is 0. The average molecular weight is 394 g/mol. The van der Waals surface area contributed by atoms with E-state index in [2.05, 4.69) is 0 Å². The van der Waals surface area contributed by atoms with E-state index < -0.39 is 23.8 Å². The van der Waals surface area contributed by atoms with E-state index in [-0.39, 0.29) is 24.5 Å². The van der Waals surface area contributed by atoms with Gasteiger partial charge in [-0.2, -0.15) is 0 Å². The molecule has 0 bridgehead atoms. The van der Waals surface area contributed by atoms with E-state index >= 15 is 0 Å². The van der Waals surface area contributed by atoms with Gasteiger partial charge in [0.2, 0.25) is 0 Å². The highest BCUT2D eigenvalue weighted by molar-refractivity contribution is 5.75. The van der Waals surface area contributed by atoms with Crippen molar-refractivity contribution in [2.75, 3.05) is 13.1 Å². The van der Waals surface area contributed by atoms with Crippen molar-refractivity contribution in [1.29, 1.82) is 0 Å². The third kappa shape index (κ3) is 3.03. The normalized spacial score (nSPS) is 23.5. The van der Waals surface area contributed by atoms with Crippen LogP contribution < -0.4 is 0 Å². The van der Waals surface area contributed by atoms with E-state index in [1.807, 2.05) is 81.4 Å². The van der Waals surface area contributed by atoms with Crippen LogP contribution in [0, 0.1) is 5.41 Å². The molecule has 2 aliphatic rings. The molecule has 0 saturated carbocycles. The molecule has 2 aromatic rings. The highest BCUT2D eigenvalue weighted by Crippen LogP contribution is 2.48. The van der Waals surface area contributed by atoms with E-state index in [9.17, 15) is 14.7 Å². The number of carbonyl (C=O) groups excluding carboxylic acids is 1. The Hall–Kier alpha value is -3.02. The third-order valence-corrected chi connectivity index (χ3v) is 6.06. The first-order valence-electron chi connectivity index (χ1n) is 9.85. The second-order valence-corrected chi connectivity index (χ2v) is 8.83. The van der Waals surface area contributed by atoms with Crippen molar-refractivity contribution in [2.24, 2.45) is 5.41 Å². The van der Waals surface area contributed by atoms with Crippen LogP contribution in [-0.4, -0.2) is 52.3 Å². The highest BCUT2D eigenvalue weighted by Gasteiger charge is 2.61. The largest absolute Gasteiger partial charge is 0.465 e. The van der Waals surface area contributed by atoms with Crippen molar-refractivity contribution >= 4 is 12.2 Å². The van der Waals surface area contributed by atoms with Gasteiger partial charge in [-0.3, -0.25) is 4.90 Å². The molecule has 6 heteroatoms. The summed E-state index contributed by atoms with van der Waals surface area (Å²) in [5.41, 5.74) is 0.297. The summed E-state index contributed by atoms with van der Waals surface area (Å²) in [6.45, 7) is 6.54. The maximum atomic E-state index is 13.2. The summed E-state index contributed by atoms with van der Waals surface area (Å²) in [5, 5.41) is 9.80. The van der Waals surface area contributed by atoms with Crippen molar-refractivity contribution in [3.8, 4) is 0 Å². The van der Waals surface area contributed by atoms with Gasteiger partial charge >= 0.3 is 12.2 Å². The molecule has 2 atom stereocenters. The number of benzene rings is 2. The lowest BCUT2D eigenvalue weighted by molar-refractivity contribution is 0.000739. The Morgan fingerprint density at radius 2 is 1.52 bits per heavy atom. The highest BCUT2D eigenvalue weighted by atomic mass is 16.6. The van der Waals surface area contributed by atoms with Crippen LogP contribution in [0.5, 0.6) is 0 Å². The van der Waals surface area contributed by atoms with E-state index in [1.165, 1.54) is 4.90 Å². The molecule has 2 fully saturated rings. The van der Waals surface area contributed by atoms with Gasteiger partial charge in [-0.15, -0.1) is 0 Å². The fourth-order valence-electron chi connectivity index (χ4n) is 4.61. The number of rotatable bonds is 2. The number of amides is 2. The Morgan fingerprint density at radius 3 is 1.97 bits per heavy atom. The van der Waals surface area contributed by atoms with E-state index in [4.69, 9.17) is 4.74 Å². The molecule has 2 aliphatic heterocycles. The van der Waals surface area contributed by atoms with Crippen molar-refractivity contribution in [2.45, 2.75) is 38.5 Å².